The summed E-state index contributed by atoms with van der Waals surface area (Å²) in [5.74, 6) is 0.873. The second kappa shape index (κ2) is 6.50. The predicted molar refractivity (Wildman–Crippen MR) is 61.4 cm³/mol. The van der Waals surface area contributed by atoms with E-state index in [1.807, 2.05) is 6.26 Å². The number of nitrogens with zero attached hydrogens (tertiary/aromatic N) is 2. The van der Waals surface area contributed by atoms with E-state index in [1.165, 1.54) is 11.8 Å². The predicted octanol–water partition coefficient (Wildman–Crippen LogP) is 2.59. The van der Waals surface area contributed by atoms with Crippen molar-refractivity contribution in [3.05, 3.63) is 11.2 Å². The molecule has 0 N–H and O–H groups in total. The van der Waals surface area contributed by atoms with Gasteiger partial charge in [-0.25, -0.2) is 9.97 Å². The number of hydrogen-bond donors (Lipinski definition) is 0. The maximum Gasteiger partial charge on any atom is 0.189 e. The van der Waals surface area contributed by atoms with Crippen LogP contribution in [0.15, 0.2) is 16.2 Å². The van der Waals surface area contributed by atoms with Gasteiger partial charge < -0.3 is 4.74 Å². The number of rotatable bonds is 5. The minimum atomic E-state index is 0.490. The summed E-state index contributed by atoms with van der Waals surface area (Å²) >= 11 is 8.93. The lowest BCUT2D eigenvalue weighted by Crippen LogP contribution is -1.94. The highest BCUT2D eigenvalue weighted by Crippen LogP contribution is 2.21. The van der Waals surface area contributed by atoms with E-state index >= 15 is 0 Å². The van der Waals surface area contributed by atoms with Crippen molar-refractivity contribution in [3.63, 3.8) is 0 Å². The van der Waals surface area contributed by atoms with E-state index in [2.05, 4.69) is 9.97 Å². The molecule has 0 saturated carbocycles. The smallest absolute Gasteiger partial charge is 0.189 e. The summed E-state index contributed by atoms with van der Waals surface area (Å²) in [6.45, 7) is 0.709. The minimum Gasteiger partial charge on any atom is -0.384 e. The van der Waals surface area contributed by atoms with Crippen molar-refractivity contribution < 1.29 is 4.74 Å². The van der Waals surface area contributed by atoms with Crippen molar-refractivity contribution in [2.45, 2.75) is 10.2 Å². The molecular formula is C8H11ClN2OS2. The zero-order chi connectivity index (χ0) is 10.4. The van der Waals surface area contributed by atoms with Crippen molar-refractivity contribution >= 4 is 35.1 Å². The van der Waals surface area contributed by atoms with Crippen molar-refractivity contribution in [2.24, 2.45) is 0 Å². The van der Waals surface area contributed by atoms with Gasteiger partial charge in [0.1, 0.15) is 10.2 Å². The Morgan fingerprint density at radius 3 is 2.93 bits per heavy atom. The van der Waals surface area contributed by atoms with Crippen molar-refractivity contribution in [3.8, 4) is 0 Å². The van der Waals surface area contributed by atoms with Crippen LogP contribution in [0, 0.1) is 0 Å². The molecule has 1 aromatic rings. The van der Waals surface area contributed by atoms with Crippen LogP contribution in [-0.4, -0.2) is 35.7 Å². The summed E-state index contributed by atoms with van der Waals surface area (Å²) in [4.78, 5) is 8.35. The van der Waals surface area contributed by atoms with Crippen LogP contribution in [0.5, 0.6) is 0 Å². The summed E-state index contributed by atoms with van der Waals surface area (Å²) in [5, 5.41) is 2.09. The second-order valence-electron chi connectivity index (χ2n) is 2.36. The average Bonchev–Trinajstić information content (AvgIpc) is 2.17. The maximum absolute atomic E-state index is 5.83. The first kappa shape index (κ1) is 12.1. The molecule has 6 heteroatoms. The van der Waals surface area contributed by atoms with Gasteiger partial charge in [0, 0.05) is 18.9 Å². The topological polar surface area (TPSA) is 35.0 Å². The Labute approximate surface area is 97.0 Å². The molecule has 0 aromatic carbocycles. The van der Waals surface area contributed by atoms with E-state index in [4.69, 9.17) is 16.3 Å². The summed E-state index contributed by atoms with van der Waals surface area (Å²) in [6.07, 6.45) is 1.93. The molecule has 0 bridgehead atoms. The summed E-state index contributed by atoms with van der Waals surface area (Å²) in [6, 6.07) is 1.77. The van der Waals surface area contributed by atoms with Gasteiger partial charge in [0.15, 0.2) is 5.16 Å². The van der Waals surface area contributed by atoms with Crippen LogP contribution in [-0.2, 0) is 4.74 Å². The number of hydrogen-bond acceptors (Lipinski definition) is 5. The molecule has 0 spiro atoms. The third-order valence-corrected chi connectivity index (χ3v) is 2.99. The first-order valence-electron chi connectivity index (χ1n) is 3.96. The van der Waals surface area contributed by atoms with Gasteiger partial charge in [-0.1, -0.05) is 23.4 Å². The molecule has 0 unspecified atom stereocenters. The van der Waals surface area contributed by atoms with Crippen LogP contribution >= 0.6 is 35.1 Å². The number of ether oxygens (including phenoxy) is 1. The highest BCUT2D eigenvalue weighted by Gasteiger charge is 2.02. The molecule has 1 rings (SSSR count). The maximum atomic E-state index is 5.83. The van der Waals surface area contributed by atoms with Crippen molar-refractivity contribution in [1.82, 2.24) is 9.97 Å². The lowest BCUT2D eigenvalue weighted by atomic mass is 10.7. The van der Waals surface area contributed by atoms with E-state index in [0.717, 1.165) is 10.8 Å². The molecule has 0 saturated heterocycles. The standard InChI is InChI=1S/C8H11ClN2OS2/c1-12-3-4-14-7-5-6(9)10-8(11-7)13-2/h5H,3-4H2,1-2H3. The third-order valence-electron chi connectivity index (χ3n) is 1.37. The van der Waals surface area contributed by atoms with E-state index in [9.17, 15) is 0 Å². The number of halogens is 1. The Morgan fingerprint density at radius 1 is 1.50 bits per heavy atom. The van der Waals surface area contributed by atoms with Gasteiger partial charge in [0.05, 0.1) is 6.61 Å². The Morgan fingerprint density at radius 2 is 2.29 bits per heavy atom. The van der Waals surface area contributed by atoms with Gasteiger partial charge in [-0.15, -0.1) is 11.8 Å². The fraction of sp³-hybridized carbons (Fsp3) is 0.500. The number of aromatic nitrogens is 2. The largest absolute Gasteiger partial charge is 0.384 e. The number of methoxy groups -OCH3 is 1. The number of thioether (sulfide) groups is 2. The van der Waals surface area contributed by atoms with Gasteiger partial charge in [-0.2, -0.15) is 0 Å². The lowest BCUT2D eigenvalue weighted by molar-refractivity contribution is 0.218. The van der Waals surface area contributed by atoms with Crippen molar-refractivity contribution in [1.29, 1.82) is 0 Å². The quantitative estimate of drug-likeness (QED) is 0.347. The average molecular weight is 251 g/mol. The minimum absolute atomic E-state index is 0.490. The van der Waals surface area contributed by atoms with Crippen LogP contribution in [0.2, 0.25) is 5.15 Å². The normalized spacial score (nSPS) is 10.5. The zero-order valence-electron chi connectivity index (χ0n) is 7.99. The van der Waals surface area contributed by atoms with Gasteiger partial charge in [-0.05, 0) is 6.26 Å². The Hall–Kier alpha value is 0.0300. The monoisotopic (exact) mass is 250 g/mol. The fourth-order valence-electron chi connectivity index (χ4n) is 0.772. The zero-order valence-corrected chi connectivity index (χ0v) is 10.4. The van der Waals surface area contributed by atoms with Crippen LogP contribution in [0.3, 0.4) is 0 Å². The molecule has 0 aliphatic heterocycles. The summed E-state index contributed by atoms with van der Waals surface area (Å²) < 4.78 is 4.95. The molecule has 78 valence electrons. The van der Waals surface area contributed by atoms with Crippen LogP contribution < -0.4 is 0 Å². The Balaban J connectivity index is 2.62. The first-order chi connectivity index (χ1) is 6.76. The molecule has 0 atom stereocenters. The molecule has 0 fully saturated rings. The SMILES string of the molecule is COCCSc1cc(Cl)nc(SC)n1. The first-order valence-corrected chi connectivity index (χ1v) is 6.55. The van der Waals surface area contributed by atoms with Crippen LogP contribution in [0.1, 0.15) is 0 Å². The van der Waals surface area contributed by atoms with Crippen LogP contribution in [0.25, 0.3) is 0 Å². The molecule has 0 radical (unpaired) electrons. The molecule has 14 heavy (non-hydrogen) atoms. The molecule has 0 amide bonds. The second-order valence-corrected chi connectivity index (χ2v) is 4.63. The molecule has 3 nitrogen and oxygen atoms in total. The van der Waals surface area contributed by atoms with Gasteiger partial charge in [0.2, 0.25) is 0 Å². The van der Waals surface area contributed by atoms with E-state index < -0.39 is 0 Å². The lowest BCUT2D eigenvalue weighted by Gasteiger charge is -2.02. The Bertz CT molecular complexity index is 299. The molecule has 1 aromatic heterocycles. The highest BCUT2D eigenvalue weighted by atomic mass is 35.5. The Kier molecular flexibility index (Phi) is 5.62. The molecule has 0 aliphatic rings. The molecule has 0 aliphatic carbocycles. The third kappa shape index (κ3) is 4.04. The fourth-order valence-corrected chi connectivity index (χ4v) is 2.31. The molecular weight excluding hydrogens is 240 g/mol. The summed E-state index contributed by atoms with van der Waals surface area (Å²) in [5.41, 5.74) is 0. The van der Waals surface area contributed by atoms with E-state index in [1.54, 1.807) is 24.9 Å². The van der Waals surface area contributed by atoms with E-state index in [-0.39, 0.29) is 0 Å². The van der Waals surface area contributed by atoms with Gasteiger partial charge in [-0.3, -0.25) is 0 Å². The van der Waals surface area contributed by atoms with Gasteiger partial charge >= 0.3 is 0 Å². The summed E-state index contributed by atoms with van der Waals surface area (Å²) in [7, 11) is 1.68. The van der Waals surface area contributed by atoms with Crippen LogP contribution in [0.4, 0.5) is 0 Å². The van der Waals surface area contributed by atoms with E-state index in [0.29, 0.717) is 16.9 Å². The van der Waals surface area contributed by atoms with Crippen molar-refractivity contribution in [2.75, 3.05) is 25.7 Å². The molecule has 1 heterocycles. The van der Waals surface area contributed by atoms with Gasteiger partial charge in [0.25, 0.3) is 0 Å². The highest BCUT2D eigenvalue weighted by molar-refractivity contribution is 7.99.